The van der Waals surface area contributed by atoms with Crippen molar-refractivity contribution < 1.29 is 17.6 Å². The van der Waals surface area contributed by atoms with Crippen molar-refractivity contribution in [2.75, 3.05) is 0 Å². The van der Waals surface area contributed by atoms with Gasteiger partial charge in [0.05, 0.1) is 5.56 Å². The molecule has 0 heterocycles. The number of fused-ring (bicyclic) bond motifs is 1. The molecule has 4 unspecified atom stereocenters. The Morgan fingerprint density at radius 1 is 0.725 bits per heavy atom. The highest BCUT2D eigenvalue weighted by molar-refractivity contribution is 5.57. The highest BCUT2D eigenvalue weighted by atomic mass is 19.4. The third kappa shape index (κ3) is 7.00. The van der Waals surface area contributed by atoms with Crippen molar-refractivity contribution in [3.05, 3.63) is 40.7 Å². The molecule has 0 nitrogen and oxygen atoms in total. The van der Waals surface area contributed by atoms with Crippen LogP contribution in [-0.4, -0.2) is 0 Å². The second kappa shape index (κ2) is 13.3. The summed E-state index contributed by atoms with van der Waals surface area (Å²) in [6.07, 6.45) is 18.9. The van der Waals surface area contributed by atoms with Gasteiger partial charge in [-0.2, -0.15) is 13.2 Å². The fraction of sp³-hybridized carbons (Fsp3) is 0.778. The predicted octanol–water partition coefficient (Wildman–Crippen LogP) is 12.0. The van der Waals surface area contributed by atoms with Crippen molar-refractivity contribution in [3.63, 3.8) is 0 Å². The Morgan fingerprint density at radius 2 is 1.32 bits per heavy atom. The van der Waals surface area contributed by atoms with Crippen LogP contribution in [0.5, 0.6) is 0 Å². The molecule has 0 spiro atoms. The molecule has 0 radical (unpaired) electrons. The Kier molecular flexibility index (Phi) is 10.0. The average Bonchev–Trinajstić information content (AvgIpc) is 2.96. The molecular weight excluding hydrogens is 508 g/mol. The molecule has 0 N–H and O–H groups in total. The van der Waals surface area contributed by atoms with Gasteiger partial charge in [0.1, 0.15) is 5.82 Å². The van der Waals surface area contributed by atoms with Gasteiger partial charge < -0.3 is 0 Å². The smallest absolute Gasteiger partial charge is 0.206 e. The third-order valence-electron chi connectivity index (χ3n) is 11.8. The molecule has 1 aromatic rings. The average molecular weight is 561 g/mol. The molecule has 0 saturated heterocycles. The van der Waals surface area contributed by atoms with Crippen LogP contribution in [0.15, 0.2) is 18.2 Å². The molecule has 4 heteroatoms. The minimum Gasteiger partial charge on any atom is -0.206 e. The molecule has 0 aliphatic heterocycles. The lowest BCUT2D eigenvalue weighted by molar-refractivity contribution is -0.140. The normalized spacial score (nSPS) is 35.5. The van der Waals surface area contributed by atoms with Gasteiger partial charge in [-0.1, -0.05) is 76.7 Å². The Bertz CT molecular complexity index is 977. The highest BCUT2D eigenvalue weighted by Gasteiger charge is 2.41. The van der Waals surface area contributed by atoms with E-state index in [4.69, 9.17) is 0 Å². The highest BCUT2D eigenvalue weighted by Crippen LogP contribution is 2.50. The summed E-state index contributed by atoms with van der Waals surface area (Å²) in [6, 6.07) is 3.23. The molecule has 4 atom stereocenters. The Labute approximate surface area is 240 Å². The van der Waals surface area contributed by atoms with Crippen molar-refractivity contribution in [2.45, 2.75) is 135 Å². The van der Waals surface area contributed by atoms with Gasteiger partial charge in [0, 0.05) is 0 Å². The largest absolute Gasteiger partial charge is 0.419 e. The van der Waals surface area contributed by atoms with Crippen LogP contribution in [0, 0.1) is 47.2 Å². The zero-order valence-electron chi connectivity index (χ0n) is 25.0. The summed E-state index contributed by atoms with van der Waals surface area (Å²) in [4.78, 5) is 0. The fourth-order valence-corrected chi connectivity index (χ4v) is 9.39. The first-order valence-corrected chi connectivity index (χ1v) is 16.8. The first-order valence-electron chi connectivity index (χ1n) is 16.8. The van der Waals surface area contributed by atoms with E-state index in [1.807, 2.05) is 6.08 Å². The number of benzene rings is 1. The van der Waals surface area contributed by atoms with Gasteiger partial charge in [0.2, 0.25) is 0 Å². The lowest BCUT2D eigenvalue weighted by atomic mass is 9.63. The molecule has 4 saturated carbocycles. The molecule has 4 aliphatic carbocycles. The lowest BCUT2D eigenvalue weighted by Gasteiger charge is -2.42. The molecule has 4 aliphatic rings. The van der Waals surface area contributed by atoms with Crippen LogP contribution in [0.4, 0.5) is 17.6 Å². The van der Waals surface area contributed by atoms with Crippen LogP contribution in [-0.2, 0) is 6.18 Å². The SMILES string of the molecule is CCCC1CCC(C2CCC(/C=C/c3ccc(C4CCC5CC(CC)CCC5C4)c(F)c3C(F)(F)F)CC2)CC1. The molecule has 40 heavy (non-hydrogen) atoms. The number of hydrogen-bond donors (Lipinski definition) is 0. The molecule has 224 valence electrons. The predicted molar refractivity (Wildman–Crippen MR) is 157 cm³/mol. The Hall–Kier alpha value is -1.32. The summed E-state index contributed by atoms with van der Waals surface area (Å²) >= 11 is 0. The summed E-state index contributed by atoms with van der Waals surface area (Å²) < 4.78 is 58.4. The summed E-state index contributed by atoms with van der Waals surface area (Å²) in [5.41, 5.74) is -0.743. The second-order valence-corrected chi connectivity index (χ2v) is 14.2. The van der Waals surface area contributed by atoms with Crippen molar-refractivity contribution >= 4 is 6.08 Å². The van der Waals surface area contributed by atoms with E-state index in [2.05, 4.69) is 13.8 Å². The van der Waals surface area contributed by atoms with E-state index in [1.54, 1.807) is 18.2 Å². The van der Waals surface area contributed by atoms with Gasteiger partial charge in [0.15, 0.2) is 0 Å². The number of hydrogen-bond acceptors (Lipinski definition) is 0. The first-order chi connectivity index (χ1) is 19.3. The molecule has 0 amide bonds. The van der Waals surface area contributed by atoms with E-state index in [1.165, 1.54) is 70.6 Å². The zero-order valence-corrected chi connectivity index (χ0v) is 25.0. The van der Waals surface area contributed by atoms with Gasteiger partial charge in [-0.05, 0) is 129 Å². The maximum atomic E-state index is 15.7. The molecule has 5 rings (SSSR count). The van der Waals surface area contributed by atoms with Gasteiger partial charge in [-0.3, -0.25) is 0 Å². The summed E-state index contributed by atoms with van der Waals surface area (Å²) in [5, 5.41) is 0. The minimum absolute atomic E-state index is 0.00209. The second-order valence-electron chi connectivity index (χ2n) is 14.2. The van der Waals surface area contributed by atoms with Gasteiger partial charge in [-0.25, -0.2) is 4.39 Å². The summed E-state index contributed by atoms with van der Waals surface area (Å²) in [6.45, 7) is 4.54. The van der Waals surface area contributed by atoms with Gasteiger partial charge in [0.25, 0.3) is 0 Å². The molecule has 0 aromatic heterocycles. The van der Waals surface area contributed by atoms with Crippen LogP contribution in [0.3, 0.4) is 0 Å². The van der Waals surface area contributed by atoms with Gasteiger partial charge in [-0.15, -0.1) is 0 Å². The Morgan fingerprint density at radius 3 is 1.98 bits per heavy atom. The van der Waals surface area contributed by atoms with E-state index in [-0.39, 0.29) is 11.5 Å². The minimum atomic E-state index is -4.69. The quantitative estimate of drug-likeness (QED) is 0.291. The number of rotatable bonds is 7. The summed E-state index contributed by atoms with van der Waals surface area (Å²) in [5.74, 6) is 3.74. The summed E-state index contributed by atoms with van der Waals surface area (Å²) in [7, 11) is 0. The molecular formula is C36H52F4. The van der Waals surface area contributed by atoms with Crippen molar-refractivity contribution in [2.24, 2.45) is 41.4 Å². The van der Waals surface area contributed by atoms with E-state index in [0.29, 0.717) is 23.3 Å². The fourth-order valence-electron chi connectivity index (χ4n) is 9.39. The standard InChI is InChI=1S/C36H52F4/c1-3-5-25-7-12-27(13-8-25)28-14-9-26(10-15-28)11-16-29-20-21-33(35(37)34(29)36(38,39)40)32-19-18-30-22-24(4-2)6-17-31(30)23-32/h11,16,20-21,24-28,30-32H,3-10,12-15,17-19,22-23H2,1-2H3/b16-11+. The number of allylic oxidation sites excluding steroid dienone is 1. The van der Waals surface area contributed by atoms with Crippen molar-refractivity contribution in [1.29, 1.82) is 0 Å². The molecule has 4 fully saturated rings. The lowest BCUT2D eigenvalue weighted by Crippen LogP contribution is -2.30. The Balaban J connectivity index is 1.22. The van der Waals surface area contributed by atoms with Crippen molar-refractivity contribution in [3.8, 4) is 0 Å². The third-order valence-corrected chi connectivity index (χ3v) is 11.8. The maximum absolute atomic E-state index is 15.7. The van der Waals surface area contributed by atoms with E-state index in [9.17, 15) is 13.2 Å². The van der Waals surface area contributed by atoms with E-state index in [0.717, 1.165) is 62.2 Å². The van der Waals surface area contributed by atoms with Crippen molar-refractivity contribution in [1.82, 2.24) is 0 Å². The van der Waals surface area contributed by atoms with Crippen LogP contribution in [0.25, 0.3) is 6.08 Å². The maximum Gasteiger partial charge on any atom is 0.419 e. The number of alkyl halides is 3. The van der Waals surface area contributed by atoms with Crippen LogP contribution in [0.1, 0.15) is 146 Å². The van der Waals surface area contributed by atoms with Crippen LogP contribution >= 0.6 is 0 Å². The van der Waals surface area contributed by atoms with E-state index >= 15 is 4.39 Å². The van der Waals surface area contributed by atoms with Crippen LogP contribution < -0.4 is 0 Å². The van der Waals surface area contributed by atoms with Gasteiger partial charge >= 0.3 is 6.18 Å². The topological polar surface area (TPSA) is 0 Å². The first kappa shape index (κ1) is 30.1. The monoisotopic (exact) mass is 560 g/mol. The van der Waals surface area contributed by atoms with Crippen LogP contribution in [0.2, 0.25) is 0 Å². The zero-order chi connectivity index (χ0) is 28.3. The molecule has 1 aromatic carbocycles. The molecule has 0 bridgehead atoms. The van der Waals surface area contributed by atoms with E-state index < -0.39 is 17.6 Å². The number of halogens is 4.